The number of nitrogens with zero attached hydrogens (tertiary/aromatic N) is 4. The van der Waals surface area contributed by atoms with E-state index in [-0.39, 0.29) is 0 Å². The number of methoxy groups -OCH3 is 1. The van der Waals surface area contributed by atoms with E-state index in [1.165, 1.54) is 16.7 Å². The van der Waals surface area contributed by atoms with Crippen molar-refractivity contribution in [3.05, 3.63) is 101 Å². The number of benzene rings is 3. The highest BCUT2D eigenvalue weighted by Crippen LogP contribution is 2.28. The van der Waals surface area contributed by atoms with Gasteiger partial charge in [0, 0.05) is 5.75 Å². The van der Waals surface area contributed by atoms with Gasteiger partial charge in [0.15, 0.2) is 11.5 Å². The van der Waals surface area contributed by atoms with Gasteiger partial charge in [0.1, 0.15) is 12.9 Å². The molecular formula is C26H26N4O2S. The quantitative estimate of drug-likeness (QED) is 0.239. The summed E-state index contributed by atoms with van der Waals surface area (Å²) in [6.45, 7) is 4.63. The van der Waals surface area contributed by atoms with Gasteiger partial charge in [-0.3, -0.25) is 0 Å². The first-order chi connectivity index (χ1) is 16.1. The summed E-state index contributed by atoms with van der Waals surface area (Å²) in [5, 5.41) is 13.4. The van der Waals surface area contributed by atoms with Crippen LogP contribution in [-0.2, 0) is 12.4 Å². The summed E-state index contributed by atoms with van der Waals surface area (Å²) in [5.74, 6) is 2.15. The summed E-state index contributed by atoms with van der Waals surface area (Å²) in [6, 6.07) is 22.5. The molecule has 0 aliphatic carbocycles. The lowest BCUT2D eigenvalue weighted by atomic mass is 10.2. The van der Waals surface area contributed by atoms with Crippen molar-refractivity contribution in [2.75, 3.05) is 7.11 Å². The average molecular weight is 459 g/mol. The molecule has 0 radical (unpaired) electrons. The Kier molecular flexibility index (Phi) is 7.42. The van der Waals surface area contributed by atoms with E-state index < -0.39 is 0 Å². The van der Waals surface area contributed by atoms with Gasteiger partial charge in [0.25, 0.3) is 0 Å². The third-order valence-corrected chi connectivity index (χ3v) is 6.03. The van der Waals surface area contributed by atoms with Gasteiger partial charge < -0.3 is 9.47 Å². The van der Waals surface area contributed by atoms with Crippen LogP contribution in [-0.4, -0.2) is 28.2 Å². The molecule has 4 aromatic rings. The van der Waals surface area contributed by atoms with Crippen molar-refractivity contribution in [2.45, 2.75) is 31.4 Å². The second kappa shape index (κ2) is 10.8. The van der Waals surface area contributed by atoms with Crippen molar-refractivity contribution in [3.8, 4) is 11.5 Å². The molecule has 0 aliphatic rings. The zero-order valence-electron chi connectivity index (χ0n) is 18.9. The molecule has 1 heterocycles. The molecule has 0 atom stereocenters. The average Bonchev–Trinajstić information content (AvgIpc) is 3.29. The molecule has 0 spiro atoms. The minimum Gasteiger partial charge on any atom is -0.493 e. The van der Waals surface area contributed by atoms with Crippen LogP contribution in [0.3, 0.4) is 0 Å². The number of aryl methyl sites for hydroxylation is 2. The predicted octanol–water partition coefficient (Wildman–Crippen LogP) is 5.66. The number of hydrogen-bond donors (Lipinski definition) is 0. The standard InChI is InChI=1S/C26H26N4O2S/c1-19-4-8-21(9-5-19)16-32-24-13-12-23(14-25(24)31-3)15-28-30-18-27-29-26(30)33-17-22-10-6-20(2)7-11-22/h4-15,18H,16-17H2,1-3H3/b28-15+. The lowest BCUT2D eigenvalue weighted by molar-refractivity contribution is 0.284. The number of rotatable bonds is 9. The molecule has 0 N–H and O–H groups in total. The summed E-state index contributed by atoms with van der Waals surface area (Å²) in [4.78, 5) is 0. The Morgan fingerprint density at radius 2 is 1.61 bits per heavy atom. The van der Waals surface area contributed by atoms with Crippen LogP contribution in [0.4, 0.5) is 0 Å². The summed E-state index contributed by atoms with van der Waals surface area (Å²) in [7, 11) is 1.63. The third kappa shape index (κ3) is 6.23. The molecule has 0 saturated heterocycles. The van der Waals surface area contributed by atoms with Crippen LogP contribution in [0.2, 0.25) is 0 Å². The fourth-order valence-electron chi connectivity index (χ4n) is 3.08. The first-order valence-electron chi connectivity index (χ1n) is 10.6. The zero-order valence-corrected chi connectivity index (χ0v) is 19.7. The van der Waals surface area contributed by atoms with E-state index in [0.29, 0.717) is 18.1 Å². The normalized spacial score (nSPS) is 11.1. The Hall–Kier alpha value is -3.58. The van der Waals surface area contributed by atoms with Crippen molar-refractivity contribution < 1.29 is 9.47 Å². The Balaban J connectivity index is 1.40. The van der Waals surface area contributed by atoms with Gasteiger partial charge >= 0.3 is 0 Å². The van der Waals surface area contributed by atoms with E-state index in [9.17, 15) is 0 Å². The van der Waals surface area contributed by atoms with Crippen molar-refractivity contribution >= 4 is 18.0 Å². The highest BCUT2D eigenvalue weighted by Gasteiger charge is 2.07. The monoisotopic (exact) mass is 458 g/mol. The Labute approximate surface area is 198 Å². The summed E-state index contributed by atoms with van der Waals surface area (Å²) >= 11 is 1.59. The molecule has 168 valence electrons. The fraction of sp³-hybridized carbons (Fsp3) is 0.192. The van der Waals surface area contributed by atoms with Crippen molar-refractivity contribution in [2.24, 2.45) is 5.10 Å². The second-order valence-electron chi connectivity index (χ2n) is 7.66. The smallest absolute Gasteiger partial charge is 0.212 e. The minimum absolute atomic E-state index is 0.479. The van der Waals surface area contributed by atoms with Crippen molar-refractivity contribution in [1.29, 1.82) is 0 Å². The van der Waals surface area contributed by atoms with Gasteiger partial charge in [-0.15, -0.1) is 10.2 Å². The molecule has 0 aliphatic heterocycles. The van der Waals surface area contributed by atoms with Crippen LogP contribution < -0.4 is 9.47 Å². The number of thioether (sulfide) groups is 1. The van der Waals surface area contributed by atoms with E-state index in [0.717, 1.165) is 22.0 Å². The molecule has 0 bridgehead atoms. The van der Waals surface area contributed by atoms with E-state index >= 15 is 0 Å². The van der Waals surface area contributed by atoms with E-state index in [2.05, 4.69) is 77.7 Å². The van der Waals surface area contributed by atoms with Crippen LogP contribution in [0.25, 0.3) is 0 Å². The van der Waals surface area contributed by atoms with Crippen LogP contribution in [0.1, 0.15) is 27.8 Å². The number of aromatic nitrogens is 3. The molecule has 6 nitrogen and oxygen atoms in total. The maximum absolute atomic E-state index is 5.96. The van der Waals surface area contributed by atoms with Crippen LogP contribution in [0, 0.1) is 13.8 Å². The highest BCUT2D eigenvalue weighted by atomic mass is 32.2. The lowest BCUT2D eigenvalue weighted by Gasteiger charge is -2.11. The van der Waals surface area contributed by atoms with Crippen LogP contribution >= 0.6 is 11.8 Å². The molecule has 0 saturated carbocycles. The van der Waals surface area contributed by atoms with Gasteiger partial charge in [-0.2, -0.15) is 9.78 Å². The molecule has 0 unspecified atom stereocenters. The second-order valence-corrected chi connectivity index (χ2v) is 8.60. The van der Waals surface area contributed by atoms with E-state index in [1.807, 2.05) is 18.2 Å². The van der Waals surface area contributed by atoms with E-state index in [1.54, 1.807) is 36.1 Å². The minimum atomic E-state index is 0.479. The Bertz CT molecular complexity index is 1220. The zero-order chi connectivity index (χ0) is 23.0. The number of hydrogen-bond acceptors (Lipinski definition) is 6. The van der Waals surface area contributed by atoms with Gasteiger partial charge in [0.05, 0.1) is 13.3 Å². The fourth-order valence-corrected chi connectivity index (χ4v) is 3.90. The van der Waals surface area contributed by atoms with Crippen molar-refractivity contribution in [1.82, 2.24) is 14.9 Å². The maximum atomic E-state index is 5.96. The topological polar surface area (TPSA) is 61.5 Å². The molecule has 1 aromatic heterocycles. The molecule has 7 heteroatoms. The molecular weight excluding hydrogens is 432 g/mol. The summed E-state index contributed by atoms with van der Waals surface area (Å²) in [5.41, 5.74) is 5.70. The first-order valence-corrected chi connectivity index (χ1v) is 11.6. The molecule has 33 heavy (non-hydrogen) atoms. The van der Waals surface area contributed by atoms with Crippen LogP contribution in [0.5, 0.6) is 11.5 Å². The number of ether oxygens (including phenoxy) is 2. The van der Waals surface area contributed by atoms with E-state index in [4.69, 9.17) is 9.47 Å². The largest absolute Gasteiger partial charge is 0.493 e. The Morgan fingerprint density at radius 3 is 2.30 bits per heavy atom. The summed E-state index contributed by atoms with van der Waals surface area (Å²) < 4.78 is 13.2. The maximum Gasteiger partial charge on any atom is 0.212 e. The molecule has 4 rings (SSSR count). The van der Waals surface area contributed by atoms with Gasteiger partial charge in [0.2, 0.25) is 5.16 Å². The summed E-state index contributed by atoms with van der Waals surface area (Å²) in [6.07, 6.45) is 3.36. The van der Waals surface area contributed by atoms with Gasteiger partial charge in [-0.25, -0.2) is 0 Å². The molecule has 0 amide bonds. The Morgan fingerprint density at radius 1 is 0.909 bits per heavy atom. The highest BCUT2D eigenvalue weighted by molar-refractivity contribution is 7.98. The van der Waals surface area contributed by atoms with Crippen molar-refractivity contribution in [3.63, 3.8) is 0 Å². The predicted molar refractivity (Wildman–Crippen MR) is 132 cm³/mol. The SMILES string of the molecule is COc1cc(/C=N/n2cnnc2SCc2ccc(C)cc2)ccc1OCc1ccc(C)cc1. The molecule has 0 fully saturated rings. The van der Waals surface area contributed by atoms with Gasteiger partial charge in [-0.05, 0) is 48.7 Å². The van der Waals surface area contributed by atoms with Gasteiger partial charge in [-0.1, -0.05) is 71.4 Å². The third-order valence-electron chi connectivity index (χ3n) is 5.02. The first kappa shape index (κ1) is 22.6. The lowest BCUT2D eigenvalue weighted by Crippen LogP contribution is -1.99. The molecule has 3 aromatic carbocycles. The van der Waals surface area contributed by atoms with Crippen LogP contribution in [0.15, 0.2) is 83.3 Å².